The van der Waals surface area contributed by atoms with Crippen molar-refractivity contribution in [1.29, 1.82) is 0 Å². The summed E-state index contributed by atoms with van der Waals surface area (Å²) in [6, 6.07) is 6.12. The predicted octanol–water partition coefficient (Wildman–Crippen LogP) is 4.32. The van der Waals surface area contributed by atoms with Gasteiger partial charge in [-0.25, -0.2) is 4.79 Å². The fraction of sp³-hybridized carbons (Fsp3) is 0.478. The molecule has 4 rings (SSSR count). The molecule has 0 saturated heterocycles. The van der Waals surface area contributed by atoms with Crippen molar-refractivity contribution in [3.05, 3.63) is 51.4 Å². The van der Waals surface area contributed by atoms with Gasteiger partial charge in [-0.3, -0.25) is 9.36 Å². The lowest BCUT2D eigenvalue weighted by atomic mass is 9.92. The summed E-state index contributed by atoms with van der Waals surface area (Å²) in [4.78, 5) is 24.9. The molecule has 0 radical (unpaired) electrons. The number of hydrogen-bond donors (Lipinski definition) is 1. The first-order chi connectivity index (χ1) is 14.4. The molecule has 2 atom stereocenters. The lowest BCUT2D eigenvalue weighted by Crippen LogP contribution is -2.32. The van der Waals surface area contributed by atoms with Crippen LogP contribution in [0.2, 0.25) is 5.02 Å². The van der Waals surface area contributed by atoms with Gasteiger partial charge >= 0.3 is 5.97 Å². The molecule has 1 aliphatic carbocycles. The average Bonchev–Trinajstić information content (AvgIpc) is 2.66. The van der Waals surface area contributed by atoms with Gasteiger partial charge in [0.1, 0.15) is 11.8 Å². The van der Waals surface area contributed by atoms with Crippen LogP contribution in [0.15, 0.2) is 35.3 Å². The van der Waals surface area contributed by atoms with Gasteiger partial charge in [0.05, 0.1) is 18.9 Å². The normalized spacial score (nSPS) is 19.5. The minimum atomic E-state index is -1.06. The van der Waals surface area contributed by atoms with Crippen LogP contribution in [-0.4, -0.2) is 35.0 Å². The Balaban J connectivity index is 1.69. The van der Waals surface area contributed by atoms with Crippen LogP contribution in [-0.2, 0) is 16.0 Å². The maximum absolute atomic E-state index is 12.9. The summed E-state index contributed by atoms with van der Waals surface area (Å²) in [5.74, 6) is -0.294. The minimum absolute atomic E-state index is 0.220. The smallest absolute Gasteiger partial charge is 0.326 e. The maximum Gasteiger partial charge on any atom is 0.326 e. The molecule has 2 aromatic rings. The molecular weight excluding hydrogens is 406 g/mol. The Bertz CT molecular complexity index is 998. The van der Waals surface area contributed by atoms with E-state index in [4.69, 9.17) is 21.1 Å². The number of benzene rings is 1. The summed E-state index contributed by atoms with van der Waals surface area (Å²) in [6.07, 6.45) is 5.98. The fourth-order valence-electron chi connectivity index (χ4n) is 4.01. The van der Waals surface area contributed by atoms with Crippen molar-refractivity contribution in [2.24, 2.45) is 5.92 Å². The summed E-state index contributed by atoms with van der Waals surface area (Å²) >= 11 is 6.22. The highest BCUT2D eigenvalue weighted by molar-refractivity contribution is 6.30. The molecule has 160 valence electrons. The van der Waals surface area contributed by atoms with E-state index < -0.39 is 12.0 Å². The van der Waals surface area contributed by atoms with Crippen LogP contribution in [0, 0.1) is 5.92 Å². The second-order valence-electron chi connectivity index (χ2n) is 8.29. The van der Waals surface area contributed by atoms with E-state index in [0.717, 1.165) is 36.8 Å². The molecule has 1 fully saturated rings. The first-order valence-corrected chi connectivity index (χ1v) is 10.8. The number of fused-ring (bicyclic) bond motifs is 3. The first-order valence-electron chi connectivity index (χ1n) is 10.4. The lowest BCUT2D eigenvalue weighted by Gasteiger charge is -2.27. The van der Waals surface area contributed by atoms with Crippen LogP contribution in [0.25, 0.3) is 11.1 Å². The molecule has 6 nitrogen and oxygen atoms in total. The Labute approximate surface area is 180 Å². The van der Waals surface area contributed by atoms with Crippen LogP contribution >= 0.6 is 11.6 Å². The number of halogens is 1. The van der Waals surface area contributed by atoms with Crippen LogP contribution in [0.5, 0.6) is 5.75 Å². The van der Waals surface area contributed by atoms with Crippen molar-refractivity contribution in [3.63, 3.8) is 0 Å². The summed E-state index contributed by atoms with van der Waals surface area (Å²) in [5, 5.41) is 10.3. The third-order valence-electron chi connectivity index (χ3n) is 5.92. The monoisotopic (exact) mass is 431 g/mol. The number of carboxylic acids is 1. The Hall–Kier alpha value is -2.31. The number of hydrogen-bond acceptors (Lipinski definition) is 4. The molecule has 0 amide bonds. The number of ether oxygens (including phenoxy) is 2. The lowest BCUT2D eigenvalue weighted by molar-refractivity contribution is -0.142. The van der Waals surface area contributed by atoms with Crippen molar-refractivity contribution in [3.8, 4) is 16.9 Å². The number of aliphatic carboxylic acids is 1. The second-order valence-corrected chi connectivity index (χ2v) is 8.72. The largest absolute Gasteiger partial charge is 0.491 e. The van der Waals surface area contributed by atoms with Crippen molar-refractivity contribution in [2.45, 2.75) is 51.2 Å². The summed E-state index contributed by atoms with van der Waals surface area (Å²) < 4.78 is 13.0. The molecule has 1 aliphatic heterocycles. The molecule has 1 aromatic heterocycles. The van der Waals surface area contributed by atoms with Gasteiger partial charge in [0.2, 0.25) is 0 Å². The van der Waals surface area contributed by atoms with Gasteiger partial charge in [-0.15, -0.1) is 0 Å². The highest BCUT2D eigenvalue weighted by atomic mass is 35.5. The molecule has 2 heterocycles. The van der Waals surface area contributed by atoms with Crippen molar-refractivity contribution >= 4 is 17.6 Å². The van der Waals surface area contributed by atoms with Gasteiger partial charge in [0.15, 0.2) is 0 Å². The van der Waals surface area contributed by atoms with Crippen LogP contribution in [0.4, 0.5) is 0 Å². The number of rotatable bonds is 6. The molecule has 2 unspecified atom stereocenters. The van der Waals surface area contributed by atoms with Crippen LogP contribution in [0.3, 0.4) is 0 Å². The molecule has 1 aromatic carbocycles. The van der Waals surface area contributed by atoms with Crippen LogP contribution in [0.1, 0.15) is 44.2 Å². The van der Waals surface area contributed by atoms with E-state index in [1.165, 1.54) is 16.8 Å². The standard InChI is InChI=1S/C23H26ClNO5/c1-14-9-15-5-6-16(24)10-18(15)19-11-22(26)25(12-21(19)30-13-14)20(23(27)28)7-8-29-17-3-2-4-17/h5-6,10-12,14,17,20H,2-4,7-9,13H2,1H3,(H,27,28). The zero-order valence-corrected chi connectivity index (χ0v) is 17.7. The number of carbonyl (C=O) groups is 1. The van der Waals surface area contributed by atoms with Gasteiger partial charge in [0, 0.05) is 29.7 Å². The third kappa shape index (κ3) is 4.40. The average molecular weight is 432 g/mol. The van der Waals surface area contributed by atoms with E-state index in [9.17, 15) is 14.7 Å². The van der Waals surface area contributed by atoms with Gasteiger partial charge in [-0.2, -0.15) is 0 Å². The quantitative estimate of drug-likeness (QED) is 0.736. The summed E-state index contributed by atoms with van der Waals surface area (Å²) in [7, 11) is 0. The van der Waals surface area contributed by atoms with Crippen LogP contribution < -0.4 is 10.3 Å². The highest BCUT2D eigenvalue weighted by Crippen LogP contribution is 2.37. The number of nitrogens with zero attached hydrogens (tertiary/aromatic N) is 1. The Morgan fingerprint density at radius 2 is 2.13 bits per heavy atom. The number of aromatic nitrogens is 1. The van der Waals surface area contributed by atoms with Gasteiger partial charge < -0.3 is 14.6 Å². The van der Waals surface area contributed by atoms with E-state index in [1.54, 1.807) is 0 Å². The first kappa shape index (κ1) is 20.9. The van der Waals surface area contributed by atoms with Gasteiger partial charge in [-0.05, 0) is 54.9 Å². The fourth-order valence-corrected chi connectivity index (χ4v) is 4.18. The second kappa shape index (κ2) is 8.82. The molecule has 1 saturated carbocycles. The Morgan fingerprint density at radius 1 is 1.33 bits per heavy atom. The molecule has 7 heteroatoms. The number of carboxylic acid groups (broad SMARTS) is 1. The molecule has 0 bridgehead atoms. The summed E-state index contributed by atoms with van der Waals surface area (Å²) in [5.41, 5.74) is 2.22. The van der Waals surface area contributed by atoms with E-state index in [2.05, 4.69) is 6.92 Å². The minimum Gasteiger partial charge on any atom is -0.491 e. The molecular formula is C23H26ClNO5. The maximum atomic E-state index is 12.9. The zero-order chi connectivity index (χ0) is 21.3. The molecule has 1 N–H and O–H groups in total. The topological polar surface area (TPSA) is 77.8 Å². The van der Waals surface area contributed by atoms with Gasteiger partial charge in [0.25, 0.3) is 5.56 Å². The molecule has 30 heavy (non-hydrogen) atoms. The van der Waals surface area contributed by atoms with Gasteiger partial charge in [-0.1, -0.05) is 24.6 Å². The third-order valence-corrected chi connectivity index (χ3v) is 6.15. The predicted molar refractivity (Wildman–Crippen MR) is 114 cm³/mol. The van der Waals surface area contributed by atoms with E-state index >= 15 is 0 Å². The zero-order valence-electron chi connectivity index (χ0n) is 17.0. The van der Waals surface area contributed by atoms with E-state index in [0.29, 0.717) is 29.5 Å². The van der Waals surface area contributed by atoms with Crippen molar-refractivity contribution in [2.75, 3.05) is 13.2 Å². The Kier molecular flexibility index (Phi) is 6.16. The van der Waals surface area contributed by atoms with Crippen molar-refractivity contribution in [1.82, 2.24) is 4.57 Å². The van der Waals surface area contributed by atoms with E-state index in [-0.39, 0.29) is 24.0 Å². The molecule has 2 aliphatic rings. The highest BCUT2D eigenvalue weighted by Gasteiger charge is 2.26. The number of pyridine rings is 1. The summed E-state index contributed by atoms with van der Waals surface area (Å²) in [6.45, 7) is 2.88. The van der Waals surface area contributed by atoms with Crippen molar-refractivity contribution < 1.29 is 19.4 Å². The van der Waals surface area contributed by atoms with E-state index in [1.807, 2.05) is 18.2 Å². The Morgan fingerprint density at radius 3 is 2.83 bits per heavy atom. The molecule has 0 spiro atoms. The SMILES string of the molecule is CC1COc2cn(C(CCOC3CCC3)C(=O)O)c(=O)cc2-c2cc(Cl)ccc2C1.